The molecule has 2 nitrogen and oxygen atoms in total. The summed E-state index contributed by atoms with van der Waals surface area (Å²) in [6.07, 6.45) is 1.85. The summed E-state index contributed by atoms with van der Waals surface area (Å²) in [5, 5.41) is 12.5. The molecule has 0 amide bonds. The lowest BCUT2D eigenvalue weighted by Gasteiger charge is -2.15. The molecule has 10 rings (SSSR count). The molecule has 208 valence electrons. The van der Waals surface area contributed by atoms with E-state index in [9.17, 15) is 0 Å². The summed E-state index contributed by atoms with van der Waals surface area (Å²) < 4.78 is 2.70. The predicted molar refractivity (Wildman–Crippen MR) is 193 cm³/mol. The van der Waals surface area contributed by atoms with Gasteiger partial charge in [-0.05, 0) is 62.3 Å². The third-order valence-electron chi connectivity index (χ3n) is 9.29. The maximum atomic E-state index is 5.20. The molecule has 10 aromatic rings. The molecule has 0 spiro atoms. The fourth-order valence-corrected chi connectivity index (χ4v) is 8.51. The number of thiophene rings is 1. The molecule has 3 aromatic heterocycles. The van der Waals surface area contributed by atoms with Crippen LogP contribution < -0.4 is 0 Å². The Balaban J connectivity index is 1.23. The number of fused-ring (bicyclic) bond motifs is 11. The first-order chi connectivity index (χ1) is 22.3. The van der Waals surface area contributed by atoms with E-state index in [1.165, 1.54) is 63.6 Å². The highest BCUT2D eigenvalue weighted by Crippen LogP contribution is 2.45. The van der Waals surface area contributed by atoms with Gasteiger partial charge < -0.3 is 0 Å². The minimum absolute atomic E-state index is 0.937. The molecule has 0 saturated heterocycles. The minimum Gasteiger partial charge on any atom is -0.254 e. The lowest BCUT2D eigenvalue weighted by Crippen LogP contribution is -1.91. The molecule has 7 aromatic carbocycles. The lowest BCUT2D eigenvalue weighted by molar-refractivity contribution is 1.37. The fraction of sp³-hybridized carbons (Fsp3) is 0. The van der Waals surface area contributed by atoms with Gasteiger partial charge in [-0.25, -0.2) is 4.98 Å². The van der Waals surface area contributed by atoms with E-state index in [2.05, 4.69) is 138 Å². The third kappa shape index (κ3) is 3.62. The van der Waals surface area contributed by atoms with Gasteiger partial charge in [0.05, 0.1) is 16.7 Å². The van der Waals surface area contributed by atoms with Gasteiger partial charge in [0.15, 0.2) is 0 Å². The fourth-order valence-electron chi connectivity index (χ4n) is 7.24. The summed E-state index contributed by atoms with van der Waals surface area (Å²) in [6.45, 7) is 0. The van der Waals surface area contributed by atoms with Gasteiger partial charge >= 0.3 is 0 Å². The van der Waals surface area contributed by atoms with E-state index in [0.717, 1.165) is 33.1 Å². The first kappa shape index (κ1) is 24.8. The summed E-state index contributed by atoms with van der Waals surface area (Å²) in [6, 6.07) is 50.6. The SMILES string of the molecule is c1cnc2c(c1)ccc1ccc(-c3cccc4c(-c5cc6ccc7c8ccccc8sc7c6c6ccccc56)cccc34)nc12. The number of pyridine rings is 2. The van der Waals surface area contributed by atoms with Crippen LogP contribution in [0, 0.1) is 0 Å². The zero-order chi connectivity index (χ0) is 29.5. The van der Waals surface area contributed by atoms with Crippen molar-refractivity contribution in [2.45, 2.75) is 0 Å². The molecule has 0 aliphatic carbocycles. The van der Waals surface area contributed by atoms with E-state index in [4.69, 9.17) is 4.98 Å². The highest BCUT2D eigenvalue weighted by atomic mass is 32.1. The summed E-state index contributed by atoms with van der Waals surface area (Å²) in [5.74, 6) is 0. The molecule has 0 aliphatic heterocycles. The Kier molecular flexibility index (Phi) is 5.19. The predicted octanol–water partition coefficient (Wildman–Crippen LogP) is 11.9. The van der Waals surface area contributed by atoms with Crippen molar-refractivity contribution in [3.8, 4) is 22.4 Å². The van der Waals surface area contributed by atoms with Crippen LogP contribution >= 0.6 is 11.3 Å². The van der Waals surface area contributed by atoms with Crippen molar-refractivity contribution in [3.63, 3.8) is 0 Å². The van der Waals surface area contributed by atoms with Gasteiger partial charge in [-0.3, -0.25) is 4.98 Å². The van der Waals surface area contributed by atoms with Crippen molar-refractivity contribution in [3.05, 3.63) is 146 Å². The van der Waals surface area contributed by atoms with Crippen LogP contribution in [-0.2, 0) is 0 Å². The zero-order valence-electron chi connectivity index (χ0n) is 24.2. The van der Waals surface area contributed by atoms with E-state index in [1.54, 1.807) is 0 Å². The Morgan fingerprint density at radius 1 is 0.422 bits per heavy atom. The average molecular weight is 589 g/mol. The molecule has 0 N–H and O–H groups in total. The van der Waals surface area contributed by atoms with E-state index in [0.29, 0.717) is 0 Å². The summed E-state index contributed by atoms with van der Waals surface area (Å²) in [5.41, 5.74) is 6.44. The Morgan fingerprint density at radius 3 is 1.98 bits per heavy atom. The molecule has 0 aliphatic rings. The number of benzene rings is 7. The van der Waals surface area contributed by atoms with E-state index in [1.807, 2.05) is 23.6 Å². The summed E-state index contributed by atoms with van der Waals surface area (Å²) >= 11 is 1.90. The zero-order valence-corrected chi connectivity index (χ0v) is 25.0. The van der Waals surface area contributed by atoms with Crippen molar-refractivity contribution in [1.82, 2.24) is 9.97 Å². The van der Waals surface area contributed by atoms with Gasteiger partial charge in [0.1, 0.15) is 0 Å². The lowest BCUT2D eigenvalue weighted by atomic mass is 9.89. The average Bonchev–Trinajstić information content (AvgIpc) is 3.49. The smallest absolute Gasteiger partial charge is 0.0972 e. The second-order valence-corrected chi connectivity index (χ2v) is 12.8. The van der Waals surface area contributed by atoms with Gasteiger partial charge in [0.2, 0.25) is 0 Å². The van der Waals surface area contributed by atoms with Crippen molar-refractivity contribution in [2.24, 2.45) is 0 Å². The second kappa shape index (κ2) is 9.43. The number of rotatable bonds is 2. The van der Waals surface area contributed by atoms with Gasteiger partial charge in [0.25, 0.3) is 0 Å². The molecule has 0 bridgehead atoms. The van der Waals surface area contributed by atoms with Gasteiger partial charge in [-0.1, -0.05) is 115 Å². The van der Waals surface area contributed by atoms with E-state index in [-0.39, 0.29) is 0 Å². The Morgan fingerprint density at radius 2 is 1.09 bits per heavy atom. The molecule has 3 heteroatoms. The number of hydrogen-bond acceptors (Lipinski definition) is 3. The van der Waals surface area contributed by atoms with E-state index < -0.39 is 0 Å². The van der Waals surface area contributed by atoms with Gasteiger partial charge in [-0.2, -0.15) is 0 Å². The topological polar surface area (TPSA) is 25.8 Å². The van der Waals surface area contributed by atoms with Gasteiger partial charge in [-0.15, -0.1) is 11.3 Å². The van der Waals surface area contributed by atoms with Crippen LogP contribution in [0.15, 0.2) is 146 Å². The highest BCUT2D eigenvalue weighted by molar-refractivity contribution is 7.26. The Bertz CT molecular complexity index is 2830. The molecule has 3 heterocycles. The largest absolute Gasteiger partial charge is 0.254 e. The maximum absolute atomic E-state index is 5.20. The molecular formula is C42H24N2S. The summed E-state index contributed by atoms with van der Waals surface area (Å²) in [4.78, 5) is 9.89. The minimum atomic E-state index is 0.937. The number of hydrogen-bond donors (Lipinski definition) is 0. The van der Waals surface area contributed by atoms with Crippen LogP contribution in [0.25, 0.3) is 96.7 Å². The van der Waals surface area contributed by atoms with Crippen LogP contribution in [-0.4, -0.2) is 9.97 Å². The monoisotopic (exact) mass is 588 g/mol. The Labute approximate surface area is 262 Å². The first-order valence-corrected chi connectivity index (χ1v) is 16.1. The molecule has 0 saturated carbocycles. The van der Waals surface area contributed by atoms with Crippen molar-refractivity contribution in [1.29, 1.82) is 0 Å². The van der Waals surface area contributed by atoms with Crippen LogP contribution in [0.5, 0.6) is 0 Å². The number of aromatic nitrogens is 2. The highest BCUT2D eigenvalue weighted by Gasteiger charge is 2.17. The van der Waals surface area contributed by atoms with Crippen LogP contribution in [0.3, 0.4) is 0 Å². The third-order valence-corrected chi connectivity index (χ3v) is 10.5. The number of nitrogens with zero attached hydrogens (tertiary/aromatic N) is 2. The van der Waals surface area contributed by atoms with Crippen LogP contribution in [0.4, 0.5) is 0 Å². The van der Waals surface area contributed by atoms with Gasteiger partial charge in [0, 0.05) is 48.1 Å². The molecule has 0 fully saturated rings. The molecule has 0 unspecified atom stereocenters. The molecule has 45 heavy (non-hydrogen) atoms. The Hall–Kier alpha value is -5.64. The quantitative estimate of drug-likeness (QED) is 0.188. The standard InChI is InChI=1S/C42H24N2S/c1-2-11-34-31(9-1)36(24-27-19-21-35-33-10-3-4-16-38(33)45-42(35)39(27)34)30-14-5-13-29-28(30)12-6-15-32(29)37-22-20-26-18-17-25-8-7-23-43-40(25)41(26)44-37/h1-24H. The van der Waals surface area contributed by atoms with Crippen molar-refractivity contribution >= 4 is 85.6 Å². The van der Waals surface area contributed by atoms with Crippen LogP contribution in [0.2, 0.25) is 0 Å². The molecular weight excluding hydrogens is 565 g/mol. The normalized spacial score (nSPS) is 12.0. The molecule has 0 radical (unpaired) electrons. The van der Waals surface area contributed by atoms with Crippen molar-refractivity contribution < 1.29 is 0 Å². The first-order valence-electron chi connectivity index (χ1n) is 15.2. The maximum Gasteiger partial charge on any atom is 0.0972 e. The van der Waals surface area contributed by atoms with Crippen molar-refractivity contribution in [2.75, 3.05) is 0 Å². The van der Waals surface area contributed by atoms with Crippen LogP contribution in [0.1, 0.15) is 0 Å². The molecule has 0 atom stereocenters. The summed E-state index contributed by atoms with van der Waals surface area (Å²) in [7, 11) is 0. The second-order valence-electron chi connectivity index (χ2n) is 11.7. The van der Waals surface area contributed by atoms with E-state index >= 15 is 0 Å².